The van der Waals surface area contributed by atoms with Gasteiger partial charge in [-0.1, -0.05) is 90.4 Å². The van der Waals surface area contributed by atoms with E-state index in [2.05, 4.69) is 6.92 Å². The molecule has 0 aromatic rings. The number of thioether (sulfide) groups is 1. The van der Waals surface area contributed by atoms with Gasteiger partial charge in [0.2, 0.25) is 0 Å². The molecule has 6 heteroatoms. The second kappa shape index (κ2) is 16.9. The zero-order valence-electron chi connectivity index (χ0n) is 17.8. The SMILES string of the molecule is CCCCCCCCCCCCCCCCS[C@@H]1O[C@@H]([C@@H](O)CO)[C@H](O)[C@H]1O. The van der Waals surface area contributed by atoms with Crippen LogP contribution < -0.4 is 0 Å². The molecule has 1 aliphatic rings. The fourth-order valence-electron chi connectivity index (χ4n) is 3.73. The van der Waals surface area contributed by atoms with E-state index in [0.717, 1.165) is 12.2 Å². The van der Waals surface area contributed by atoms with E-state index in [0.29, 0.717) is 0 Å². The molecule has 0 bridgehead atoms. The minimum atomic E-state index is -1.16. The molecule has 0 radical (unpaired) electrons. The number of ether oxygens (including phenoxy) is 1. The molecule has 168 valence electrons. The van der Waals surface area contributed by atoms with Gasteiger partial charge in [0.1, 0.15) is 29.9 Å². The summed E-state index contributed by atoms with van der Waals surface area (Å²) in [7, 11) is 0. The highest BCUT2D eigenvalue weighted by Crippen LogP contribution is 2.31. The van der Waals surface area contributed by atoms with Crippen molar-refractivity contribution in [3.63, 3.8) is 0 Å². The number of hydrogen-bond acceptors (Lipinski definition) is 6. The lowest BCUT2D eigenvalue weighted by Crippen LogP contribution is -2.40. The minimum absolute atomic E-state index is 0.481. The van der Waals surface area contributed by atoms with E-state index in [4.69, 9.17) is 9.84 Å². The predicted octanol–water partition coefficient (Wildman–Crippen LogP) is 4.00. The highest BCUT2D eigenvalue weighted by molar-refractivity contribution is 7.99. The smallest absolute Gasteiger partial charge is 0.132 e. The first-order valence-corrected chi connectivity index (χ1v) is 12.6. The van der Waals surface area contributed by atoms with E-state index in [-0.39, 0.29) is 0 Å². The maximum absolute atomic E-state index is 10.00. The summed E-state index contributed by atoms with van der Waals surface area (Å²) in [5.74, 6) is 0.869. The Morgan fingerprint density at radius 1 is 0.750 bits per heavy atom. The van der Waals surface area contributed by atoms with E-state index in [1.807, 2.05) is 0 Å². The van der Waals surface area contributed by atoms with Gasteiger partial charge < -0.3 is 25.2 Å². The molecule has 0 amide bonds. The Kier molecular flexibility index (Phi) is 15.8. The predicted molar refractivity (Wildman–Crippen MR) is 117 cm³/mol. The van der Waals surface area contributed by atoms with E-state index in [1.54, 1.807) is 0 Å². The van der Waals surface area contributed by atoms with Crippen LogP contribution in [0.2, 0.25) is 0 Å². The lowest BCUT2D eigenvalue weighted by atomic mass is 10.0. The highest BCUT2D eigenvalue weighted by Gasteiger charge is 2.45. The number of unbranched alkanes of at least 4 members (excludes halogenated alkanes) is 13. The highest BCUT2D eigenvalue weighted by atomic mass is 32.2. The quantitative estimate of drug-likeness (QED) is 0.251. The normalized spacial score (nSPS) is 26.0. The summed E-state index contributed by atoms with van der Waals surface area (Å²) in [6, 6.07) is 0. The molecule has 4 N–H and O–H groups in total. The first kappa shape index (κ1) is 26.2. The van der Waals surface area contributed by atoms with Gasteiger partial charge in [-0.2, -0.15) is 0 Å². The van der Waals surface area contributed by atoms with Crippen LogP contribution in [-0.2, 0) is 4.74 Å². The first-order chi connectivity index (χ1) is 13.6. The van der Waals surface area contributed by atoms with Crippen LogP contribution in [0.3, 0.4) is 0 Å². The second-order valence-electron chi connectivity index (χ2n) is 8.17. The average molecular weight is 421 g/mol. The van der Waals surface area contributed by atoms with Gasteiger partial charge in [-0.05, 0) is 12.2 Å². The molecule has 1 saturated heterocycles. The second-order valence-corrected chi connectivity index (χ2v) is 9.37. The first-order valence-electron chi connectivity index (χ1n) is 11.5. The molecule has 1 fully saturated rings. The van der Waals surface area contributed by atoms with E-state index in [1.165, 1.54) is 95.2 Å². The van der Waals surface area contributed by atoms with Crippen LogP contribution in [0.5, 0.6) is 0 Å². The Balaban J connectivity index is 1.88. The standard InChI is InChI=1S/C22H44O5S/c1-2-3-4-5-6-7-8-9-10-11-12-13-14-15-16-28-22-20(26)19(25)21(27-22)18(24)17-23/h18-26H,2-17H2,1H3/t18-,19+,20+,21-,22-/m0/s1. The molecule has 5 nitrogen and oxygen atoms in total. The Morgan fingerprint density at radius 2 is 1.21 bits per heavy atom. The van der Waals surface area contributed by atoms with E-state index < -0.39 is 36.5 Å². The lowest BCUT2D eigenvalue weighted by molar-refractivity contribution is -0.0713. The lowest BCUT2D eigenvalue weighted by Gasteiger charge is -2.18. The number of aliphatic hydroxyl groups excluding tert-OH is 4. The van der Waals surface area contributed by atoms with Crippen molar-refractivity contribution in [1.29, 1.82) is 0 Å². The van der Waals surface area contributed by atoms with Crippen molar-refractivity contribution in [3.8, 4) is 0 Å². The van der Waals surface area contributed by atoms with Crippen molar-refractivity contribution in [3.05, 3.63) is 0 Å². The molecule has 5 atom stereocenters. The van der Waals surface area contributed by atoms with Crippen LogP contribution in [0.15, 0.2) is 0 Å². The van der Waals surface area contributed by atoms with Crippen molar-refractivity contribution in [2.24, 2.45) is 0 Å². The number of hydrogen-bond donors (Lipinski definition) is 4. The molecule has 0 aromatic carbocycles. The Labute approximate surface area is 176 Å². The Hall–Kier alpha value is 0.150. The molecule has 1 heterocycles. The van der Waals surface area contributed by atoms with Crippen LogP contribution >= 0.6 is 11.8 Å². The summed E-state index contributed by atoms with van der Waals surface area (Å²) in [5.41, 5.74) is -0.525. The van der Waals surface area contributed by atoms with Crippen LogP contribution in [0.25, 0.3) is 0 Å². The number of rotatable bonds is 18. The fraction of sp³-hybridized carbons (Fsp3) is 1.00. The van der Waals surface area contributed by atoms with Gasteiger partial charge in [0.25, 0.3) is 0 Å². The monoisotopic (exact) mass is 420 g/mol. The third-order valence-corrected chi connectivity index (χ3v) is 6.85. The van der Waals surface area contributed by atoms with E-state index in [9.17, 15) is 15.3 Å². The van der Waals surface area contributed by atoms with Crippen LogP contribution in [0, 0.1) is 0 Å². The topological polar surface area (TPSA) is 90.2 Å². The Bertz CT molecular complexity index is 358. The average Bonchev–Trinajstić information content (AvgIpc) is 2.98. The van der Waals surface area contributed by atoms with Gasteiger partial charge in [0, 0.05) is 0 Å². The third kappa shape index (κ3) is 10.8. The van der Waals surface area contributed by atoms with Gasteiger partial charge >= 0.3 is 0 Å². The fourth-order valence-corrected chi connectivity index (χ4v) is 4.90. The molecule has 1 aliphatic heterocycles. The van der Waals surface area contributed by atoms with Crippen molar-refractivity contribution in [2.45, 2.75) is 127 Å². The van der Waals surface area contributed by atoms with Crippen LogP contribution in [-0.4, -0.2) is 62.6 Å². The molecule has 28 heavy (non-hydrogen) atoms. The maximum Gasteiger partial charge on any atom is 0.132 e. The Morgan fingerprint density at radius 3 is 1.68 bits per heavy atom. The van der Waals surface area contributed by atoms with Gasteiger partial charge in [0.15, 0.2) is 0 Å². The van der Waals surface area contributed by atoms with Gasteiger partial charge in [-0.25, -0.2) is 0 Å². The van der Waals surface area contributed by atoms with E-state index >= 15 is 0 Å². The van der Waals surface area contributed by atoms with Gasteiger partial charge in [0.05, 0.1) is 6.61 Å². The summed E-state index contributed by atoms with van der Waals surface area (Å²) in [5, 5.41) is 38.5. The summed E-state index contributed by atoms with van der Waals surface area (Å²) in [6.07, 6.45) is 14.4. The summed E-state index contributed by atoms with van der Waals surface area (Å²) < 4.78 is 5.51. The summed E-state index contributed by atoms with van der Waals surface area (Å²) in [4.78, 5) is 0. The third-order valence-electron chi connectivity index (χ3n) is 5.60. The molecule has 0 aromatic heterocycles. The van der Waals surface area contributed by atoms with Crippen LogP contribution in [0.1, 0.15) is 96.8 Å². The van der Waals surface area contributed by atoms with Crippen molar-refractivity contribution >= 4 is 11.8 Å². The van der Waals surface area contributed by atoms with Crippen molar-refractivity contribution in [2.75, 3.05) is 12.4 Å². The molecule has 0 unspecified atom stereocenters. The summed E-state index contributed by atoms with van der Waals surface area (Å²) >= 11 is 1.49. The summed E-state index contributed by atoms with van der Waals surface area (Å²) in [6.45, 7) is 1.78. The van der Waals surface area contributed by atoms with Crippen LogP contribution in [0.4, 0.5) is 0 Å². The largest absolute Gasteiger partial charge is 0.394 e. The van der Waals surface area contributed by atoms with Crippen molar-refractivity contribution < 1.29 is 25.2 Å². The molecular formula is C22H44O5S. The maximum atomic E-state index is 10.00. The molecule has 1 rings (SSSR count). The minimum Gasteiger partial charge on any atom is -0.394 e. The van der Waals surface area contributed by atoms with Gasteiger partial charge in [-0.15, -0.1) is 11.8 Å². The number of aliphatic hydroxyl groups is 4. The van der Waals surface area contributed by atoms with Crippen molar-refractivity contribution in [1.82, 2.24) is 0 Å². The van der Waals surface area contributed by atoms with Gasteiger partial charge in [-0.3, -0.25) is 0 Å². The molecule has 0 saturated carbocycles. The molecular weight excluding hydrogens is 376 g/mol. The zero-order chi connectivity index (χ0) is 20.6. The molecule has 0 spiro atoms. The zero-order valence-corrected chi connectivity index (χ0v) is 18.6. The molecule has 0 aliphatic carbocycles.